The lowest BCUT2D eigenvalue weighted by Crippen LogP contribution is -2.12. The molecule has 2 N–H and O–H groups in total. The van der Waals surface area contributed by atoms with E-state index in [2.05, 4.69) is 83.1 Å². The van der Waals surface area contributed by atoms with Gasteiger partial charge in [-0.25, -0.2) is 9.78 Å². The molecule has 6 aromatic rings. The van der Waals surface area contributed by atoms with Gasteiger partial charge in [0.2, 0.25) is 0 Å². The van der Waals surface area contributed by atoms with Gasteiger partial charge in [0, 0.05) is 25.0 Å². The first kappa shape index (κ1) is 24.3. The van der Waals surface area contributed by atoms with E-state index in [1.54, 1.807) is 6.07 Å². The minimum absolute atomic E-state index is 0.176. The molecule has 0 radical (unpaired) electrons. The third-order valence-electron chi connectivity index (χ3n) is 6.71. The molecule has 39 heavy (non-hydrogen) atoms. The van der Waals surface area contributed by atoms with Crippen molar-refractivity contribution >= 4 is 17.0 Å². The quantitative estimate of drug-likeness (QED) is 0.237. The van der Waals surface area contributed by atoms with Crippen LogP contribution in [-0.4, -0.2) is 25.6 Å². The van der Waals surface area contributed by atoms with Crippen molar-refractivity contribution < 1.29 is 9.90 Å². The largest absolute Gasteiger partial charge is 0.478 e. The van der Waals surface area contributed by atoms with Crippen molar-refractivity contribution in [3.8, 4) is 28.3 Å². The molecule has 2 heterocycles. The van der Waals surface area contributed by atoms with Gasteiger partial charge < -0.3 is 10.4 Å². The predicted octanol–water partition coefficient (Wildman–Crippen LogP) is 6.74. The minimum atomic E-state index is -0.995. The molecule has 190 valence electrons. The van der Waals surface area contributed by atoms with Crippen molar-refractivity contribution in [2.45, 2.75) is 13.1 Å². The lowest BCUT2D eigenvalue weighted by molar-refractivity contribution is 0.0697. The summed E-state index contributed by atoms with van der Waals surface area (Å²) in [4.78, 5) is 20.8. The molecule has 0 atom stereocenters. The van der Waals surface area contributed by atoms with E-state index in [0.717, 1.165) is 35.4 Å². The number of rotatable bonds is 8. The van der Waals surface area contributed by atoms with E-state index in [9.17, 15) is 9.90 Å². The maximum Gasteiger partial charge on any atom is 0.335 e. The number of nitrogens with zero attached hydrogens (tertiary/aromatic N) is 3. The number of aromatic carboxylic acids is 1. The second-order valence-corrected chi connectivity index (χ2v) is 9.33. The molecule has 0 spiro atoms. The lowest BCUT2D eigenvalue weighted by atomic mass is 10.0. The summed E-state index contributed by atoms with van der Waals surface area (Å²) in [5.74, 6) is -0.394. The average molecular weight is 511 g/mol. The van der Waals surface area contributed by atoms with Gasteiger partial charge in [-0.3, -0.25) is 9.55 Å². The Morgan fingerprint density at radius 2 is 1.38 bits per heavy atom. The highest BCUT2D eigenvalue weighted by molar-refractivity contribution is 5.89. The molecular weight excluding hydrogens is 484 g/mol. The molecule has 0 aliphatic rings. The molecule has 0 aliphatic heterocycles. The van der Waals surface area contributed by atoms with Crippen LogP contribution in [0.1, 0.15) is 21.5 Å². The van der Waals surface area contributed by atoms with Crippen molar-refractivity contribution in [3.63, 3.8) is 0 Å². The van der Waals surface area contributed by atoms with Crippen LogP contribution in [0.3, 0.4) is 0 Å². The molecule has 0 fully saturated rings. The van der Waals surface area contributed by atoms with Gasteiger partial charge in [0.05, 0.1) is 16.6 Å². The number of nitrogens with one attached hydrogen (secondary N) is 1. The van der Waals surface area contributed by atoms with Crippen LogP contribution in [0.25, 0.3) is 39.4 Å². The summed E-state index contributed by atoms with van der Waals surface area (Å²) >= 11 is 0. The molecule has 2 aromatic heterocycles. The number of carbonyl (C=O) groups is 1. The average Bonchev–Trinajstić information content (AvgIpc) is 3.38. The summed E-state index contributed by atoms with van der Waals surface area (Å²) in [6.45, 7) is 1.51. The Bertz CT molecular complexity index is 1740. The van der Waals surface area contributed by atoms with Gasteiger partial charge in [-0.1, -0.05) is 78.9 Å². The monoisotopic (exact) mass is 510 g/mol. The molecule has 0 saturated heterocycles. The molecule has 0 bridgehead atoms. The van der Waals surface area contributed by atoms with Crippen molar-refractivity contribution in [2.75, 3.05) is 0 Å². The number of hydrogen-bond donors (Lipinski definition) is 2. The van der Waals surface area contributed by atoms with Gasteiger partial charge in [0.1, 0.15) is 5.69 Å². The van der Waals surface area contributed by atoms with Gasteiger partial charge >= 0.3 is 5.97 Å². The van der Waals surface area contributed by atoms with Crippen LogP contribution in [0.2, 0.25) is 0 Å². The second kappa shape index (κ2) is 10.7. The molecule has 4 aromatic carbocycles. The first-order valence-electron chi connectivity index (χ1n) is 12.8. The van der Waals surface area contributed by atoms with Gasteiger partial charge in [-0.15, -0.1) is 0 Å². The van der Waals surface area contributed by atoms with Gasteiger partial charge in [0.15, 0.2) is 5.82 Å². The summed E-state index contributed by atoms with van der Waals surface area (Å²) < 4.78 is 2.02. The highest BCUT2D eigenvalue weighted by Gasteiger charge is 2.16. The number of imidazole rings is 1. The molecule has 0 saturated carbocycles. The zero-order valence-corrected chi connectivity index (χ0v) is 21.2. The molecule has 0 aliphatic carbocycles. The lowest BCUT2D eigenvalue weighted by Gasteiger charge is -2.11. The third kappa shape index (κ3) is 5.19. The summed E-state index contributed by atoms with van der Waals surface area (Å²) in [6.07, 6.45) is 1.51. The summed E-state index contributed by atoms with van der Waals surface area (Å²) in [7, 11) is 0. The number of benzene rings is 4. The van der Waals surface area contributed by atoms with Crippen molar-refractivity contribution in [2.24, 2.45) is 0 Å². The van der Waals surface area contributed by atoms with E-state index in [1.165, 1.54) is 29.0 Å². The van der Waals surface area contributed by atoms with Crippen LogP contribution in [0.4, 0.5) is 0 Å². The van der Waals surface area contributed by atoms with Gasteiger partial charge in [-0.2, -0.15) is 0 Å². The van der Waals surface area contributed by atoms with Crippen LogP contribution < -0.4 is 5.32 Å². The predicted molar refractivity (Wildman–Crippen MR) is 154 cm³/mol. The Morgan fingerprint density at radius 1 is 0.744 bits per heavy atom. The van der Waals surface area contributed by atoms with E-state index in [4.69, 9.17) is 4.98 Å². The SMILES string of the molecule is O=C(O)c1ccnc(-c2nc3ccccc3n2-c2ccc(CNCc3ccc(-c4ccccc4)cc3)cc2)c1. The Kier molecular flexibility index (Phi) is 6.68. The van der Waals surface area contributed by atoms with Gasteiger partial charge in [-0.05, 0) is 58.7 Å². The number of carboxylic acid groups (broad SMARTS) is 1. The zero-order chi connectivity index (χ0) is 26.6. The first-order chi connectivity index (χ1) is 19.2. The number of para-hydroxylation sites is 2. The molecule has 0 unspecified atom stereocenters. The maximum absolute atomic E-state index is 11.5. The Hall–Kier alpha value is -5.07. The van der Waals surface area contributed by atoms with Crippen molar-refractivity contribution in [1.29, 1.82) is 0 Å². The van der Waals surface area contributed by atoms with E-state index in [-0.39, 0.29) is 5.56 Å². The number of pyridine rings is 1. The number of hydrogen-bond acceptors (Lipinski definition) is 4. The van der Waals surface area contributed by atoms with Crippen LogP contribution in [0, 0.1) is 0 Å². The second-order valence-electron chi connectivity index (χ2n) is 9.33. The summed E-state index contributed by atoms with van der Waals surface area (Å²) in [5.41, 5.74) is 8.20. The van der Waals surface area contributed by atoms with Gasteiger partial charge in [0.25, 0.3) is 0 Å². The Morgan fingerprint density at radius 3 is 2.10 bits per heavy atom. The van der Waals surface area contributed by atoms with Crippen molar-refractivity contribution in [1.82, 2.24) is 19.9 Å². The fourth-order valence-electron chi connectivity index (χ4n) is 4.70. The van der Waals surface area contributed by atoms with Crippen LogP contribution >= 0.6 is 0 Å². The standard InChI is InChI=1S/C33H26N4O2/c38-33(39)27-18-19-35-30(20-27)32-36-29-8-4-5-9-31(29)37(32)28-16-12-24(13-17-28)22-34-21-23-10-14-26(15-11-23)25-6-2-1-3-7-25/h1-20,34H,21-22H2,(H,38,39). The molecule has 0 amide bonds. The van der Waals surface area contributed by atoms with E-state index < -0.39 is 5.97 Å². The molecule has 6 heteroatoms. The highest BCUT2D eigenvalue weighted by atomic mass is 16.4. The highest BCUT2D eigenvalue weighted by Crippen LogP contribution is 2.28. The van der Waals surface area contributed by atoms with Crippen LogP contribution in [0.5, 0.6) is 0 Å². The van der Waals surface area contributed by atoms with E-state index in [0.29, 0.717) is 11.5 Å². The molecule has 6 nitrogen and oxygen atoms in total. The Labute approximate surface area is 226 Å². The summed E-state index contributed by atoms with van der Waals surface area (Å²) in [5, 5.41) is 13.0. The third-order valence-corrected chi connectivity index (χ3v) is 6.71. The Balaban J connectivity index is 1.19. The van der Waals surface area contributed by atoms with Crippen molar-refractivity contribution in [3.05, 3.63) is 138 Å². The zero-order valence-electron chi connectivity index (χ0n) is 21.2. The number of fused-ring (bicyclic) bond motifs is 1. The van der Waals surface area contributed by atoms with E-state index in [1.807, 2.05) is 34.9 Å². The van der Waals surface area contributed by atoms with E-state index >= 15 is 0 Å². The molecular formula is C33H26N4O2. The fourth-order valence-corrected chi connectivity index (χ4v) is 4.70. The topological polar surface area (TPSA) is 80.0 Å². The smallest absolute Gasteiger partial charge is 0.335 e. The van der Waals surface area contributed by atoms with Crippen LogP contribution in [0.15, 0.2) is 121 Å². The first-order valence-corrected chi connectivity index (χ1v) is 12.8. The molecule has 6 rings (SSSR count). The number of carboxylic acids is 1. The number of aromatic nitrogens is 3. The minimum Gasteiger partial charge on any atom is -0.478 e. The maximum atomic E-state index is 11.5. The normalized spacial score (nSPS) is 11.1. The van der Waals surface area contributed by atoms with Crippen LogP contribution in [-0.2, 0) is 13.1 Å². The fraction of sp³-hybridized carbons (Fsp3) is 0.0606. The summed E-state index contributed by atoms with van der Waals surface area (Å²) in [6, 6.07) is 38.3.